The standard InChI is InChI=1S/C17H23N3O3S.ClH/c18-17(6-7-17)16(21)19-8-10-20(11-9-19)24(22,23)15-5-4-13-2-1-3-14(13)12-15;/h4-5,12H,1-3,6-11,18H2;1H. The van der Waals surface area contributed by atoms with Crippen LogP contribution in [-0.2, 0) is 27.7 Å². The molecule has 8 heteroatoms. The zero-order valence-corrected chi connectivity index (χ0v) is 15.7. The lowest BCUT2D eigenvalue weighted by molar-refractivity contribution is -0.134. The summed E-state index contributed by atoms with van der Waals surface area (Å²) in [5, 5.41) is 0. The van der Waals surface area contributed by atoms with Gasteiger partial charge in [-0.1, -0.05) is 6.07 Å². The second-order valence-electron chi connectivity index (χ2n) is 7.14. The molecule has 0 radical (unpaired) electrons. The number of piperazine rings is 1. The molecule has 2 aliphatic carbocycles. The van der Waals surface area contributed by atoms with Gasteiger partial charge in [-0.2, -0.15) is 4.31 Å². The second-order valence-corrected chi connectivity index (χ2v) is 9.07. The van der Waals surface area contributed by atoms with Gasteiger partial charge in [0.2, 0.25) is 15.9 Å². The third-order valence-electron chi connectivity index (χ3n) is 5.45. The minimum absolute atomic E-state index is 0. The first-order valence-electron chi connectivity index (χ1n) is 8.60. The molecule has 4 rings (SSSR count). The number of amides is 1. The Labute approximate surface area is 154 Å². The summed E-state index contributed by atoms with van der Waals surface area (Å²) < 4.78 is 27.2. The van der Waals surface area contributed by atoms with Crippen LogP contribution in [0.2, 0.25) is 0 Å². The molecule has 2 N–H and O–H groups in total. The zero-order chi connectivity index (χ0) is 16.9. The molecule has 0 spiro atoms. The van der Waals surface area contributed by atoms with Crippen LogP contribution < -0.4 is 5.73 Å². The van der Waals surface area contributed by atoms with Crippen molar-refractivity contribution in [3.05, 3.63) is 29.3 Å². The number of benzene rings is 1. The minimum atomic E-state index is -3.49. The summed E-state index contributed by atoms with van der Waals surface area (Å²) in [4.78, 5) is 14.4. The molecule has 0 bridgehead atoms. The predicted octanol–water partition coefficient (Wildman–Crippen LogP) is 0.921. The van der Waals surface area contributed by atoms with Crippen LogP contribution in [0, 0.1) is 0 Å². The molecular weight excluding hydrogens is 362 g/mol. The Morgan fingerprint density at radius 2 is 1.68 bits per heavy atom. The van der Waals surface area contributed by atoms with Gasteiger partial charge in [0.1, 0.15) is 0 Å². The largest absolute Gasteiger partial charge is 0.338 e. The van der Waals surface area contributed by atoms with E-state index in [0.717, 1.165) is 37.7 Å². The quantitative estimate of drug-likeness (QED) is 0.838. The van der Waals surface area contributed by atoms with Crippen LogP contribution in [0.15, 0.2) is 23.1 Å². The Kier molecular flexibility index (Phi) is 4.87. The van der Waals surface area contributed by atoms with E-state index in [1.165, 1.54) is 9.87 Å². The fourth-order valence-electron chi connectivity index (χ4n) is 3.65. The van der Waals surface area contributed by atoms with E-state index in [9.17, 15) is 13.2 Å². The van der Waals surface area contributed by atoms with Crippen LogP contribution in [0.4, 0.5) is 0 Å². The van der Waals surface area contributed by atoms with Gasteiger partial charge in [0, 0.05) is 26.2 Å². The van der Waals surface area contributed by atoms with Gasteiger partial charge >= 0.3 is 0 Å². The van der Waals surface area contributed by atoms with Crippen molar-refractivity contribution in [1.82, 2.24) is 9.21 Å². The topological polar surface area (TPSA) is 83.7 Å². The number of carbonyl (C=O) groups is 1. The van der Waals surface area contributed by atoms with E-state index in [1.54, 1.807) is 11.0 Å². The average molecular weight is 386 g/mol. The van der Waals surface area contributed by atoms with Crippen LogP contribution in [-0.4, -0.2) is 55.2 Å². The first kappa shape index (κ1) is 18.6. The van der Waals surface area contributed by atoms with Gasteiger partial charge in [0.25, 0.3) is 0 Å². The van der Waals surface area contributed by atoms with E-state index in [2.05, 4.69) is 0 Å². The van der Waals surface area contributed by atoms with Crippen molar-refractivity contribution >= 4 is 28.3 Å². The Morgan fingerprint density at radius 1 is 1.04 bits per heavy atom. The summed E-state index contributed by atoms with van der Waals surface area (Å²) in [7, 11) is -3.49. The minimum Gasteiger partial charge on any atom is -0.338 e. The third kappa shape index (κ3) is 3.30. The maximum Gasteiger partial charge on any atom is 0.243 e. The molecule has 138 valence electrons. The molecule has 25 heavy (non-hydrogen) atoms. The summed E-state index contributed by atoms with van der Waals surface area (Å²) in [6.45, 7) is 1.51. The smallest absolute Gasteiger partial charge is 0.243 e. The fraction of sp³-hybridized carbons (Fsp3) is 0.588. The normalized spacial score (nSPS) is 22.2. The number of fused-ring (bicyclic) bond motifs is 1. The Bertz CT molecular complexity index is 784. The van der Waals surface area contributed by atoms with Crippen molar-refractivity contribution in [1.29, 1.82) is 0 Å². The van der Waals surface area contributed by atoms with Crippen molar-refractivity contribution in [2.24, 2.45) is 5.73 Å². The SMILES string of the molecule is Cl.NC1(C(=O)N2CCN(S(=O)(=O)c3ccc4c(c3)CCC4)CC2)CC1. The van der Waals surface area contributed by atoms with E-state index in [1.807, 2.05) is 12.1 Å². The van der Waals surface area contributed by atoms with Crippen molar-refractivity contribution in [2.75, 3.05) is 26.2 Å². The monoisotopic (exact) mass is 385 g/mol. The van der Waals surface area contributed by atoms with Gasteiger partial charge < -0.3 is 10.6 Å². The molecule has 0 atom stereocenters. The molecule has 0 aromatic heterocycles. The number of hydrogen-bond donors (Lipinski definition) is 1. The maximum absolute atomic E-state index is 12.9. The van der Waals surface area contributed by atoms with Crippen molar-refractivity contribution in [3.63, 3.8) is 0 Å². The molecule has 1 aromatic carbocycles. The molecule has 0 unspecified atom stereocenters. The van der Waals surface area contributed by atoms with E-state index in [0.29, 0.717) is 31.1 Å². The highest BCUT2D eigenvalue weighted by Gasteiger charge is 2.48. The van der Waals surface area contributed by atoms with Gasteiger partial charge in [0.05, 0.1) is 10.4 Å². The molecule has 3 aliphatic rings. The number of sulfonamides is 1. The number of nitrogens with two attached hydrogens (primary N) is 1. The summed E-state index contributed by atoms with van der Waals surface area (Å²) in [5.74, 6) is -0.0305. The lowest BCUT2D eigenvalue weighted by Crippen LogP contribution is -2.55. The van der Waals surface area contributed by atoms with Gasteiger partial charge in [-0.3, -0.25) is 4.79 Å². The Morgan fingerprint density at radius 3 is 2.32 bits per heavy atom. The van der Waals surface area contributed by atoms with Gasteiger partial charge in [-0.25, -0.2) is 8.42 Å². The molecule has 1 saturated carbocycles. The van der Waals surface area contributed by atoms with Crippen molar-refractivity contribution < 1.29 is 13.2 Å². The molecule has 2 fully saturated rings. The Balaban J connectivity index is 0.00000182. The van der Waals surface area contributed by atoms with Crippen molar-refractivity contribution in [3.8, 4) is 0 Å². The number of rotatable bonds is 3. The van der Waals surface area contributed by atoms with Gasteiger partial charge in [-0.15, -0.1) is 12.4 Å². The highest BCUT2D eigenvalue weighted by molar-refractivity contribution is 7.89. The second kappa shape index (κ2) is 6.54. The highest BCUT2D eigenvalue weighted by atomic mass is 35.5. The summed E-state index contributed by atoms with van der Waals surface area (Å²) in [6, 6.07) is 5.49. The van der Waals surface area contributed by atoms with Crippen molar-refractivity contribution in [2.45, 2.75) is 42.5 Å². The van der Waals surface area contributed by atoms with E-state index < -0.39 is 15.6 Å². The number of halogens is 1. The van der Waals surface area contributed by atoms with Crippen LogP contribution in [0.1, 0.15) is 30.4 Å². The van der Waals surface area contributed by atoms with Crippen LogP contribution in [0.5, 0.6) is 0 Å². The molecule has 6 nitrogen and oxygen atoms in total. The number of nitrogens with zero attached hydrogens (tertiary/aromatic N) is 2. The van der Waals surface area contributed by atoms with E-state index >= 15 is 0 Å². The lowest BCUT2D eigenvalue weighted by Gasteiger charge is -2.35. The van der Waals surface area contributed by atoms with Crippen LogP contribution >= 0.6 is 12.4 Å². The number of hydrogen-bond acceptors (Lipinski definition) is 4. The zero-order valence-electron chi connectivity index (χ0n) is 14.1. The summed E-state index contributed by atoms with van der Waals surface area (Å²) in [5.41, 5.74) is 7.70. The Hall–Kier alpha value is -1.15. The van der Waals surface area contributed by atoms with Crippen LogP contribution in [0.3, 0.4) is 0 Å². The van der Waals surface area contributed by atoms with Gasteiger partial charge in [-0.05, 0) is 55.4 Å². The fourth-order valence-corrected chi connectivity index (χ4v) is 5.13. The maximum atomic E-state index is 12.9. The van der Waals surface area contributed by atoms with Crippen LogP contribution in [0.25, 0.3) is 0 Å². The molecular formula is C17H24ClN3O3S. The third-order valence-corrected chi connectivity index (χ3v) is 7.34. The van der Waals surface area contributed by atoms with Gasteiger partial charge in [0.15, 0.2) is 0 Å². The predicted molar refractivity (Wildman–Crippen MR) is 97.2 cm³/mol. The molecule has 1 aliphatic heterocycles. The van der Waals surface area contributed by atoms with E-state index in [-0.39, 0.29) is 18.3 Å². The van der Waals surface area contributed by atoms with E-state index in [4.69, 9.17) is 5.73 Å². The first-order valence-corrected chi connectivity index (χ1v) is 10.0. The molecule has 1 aromatic rings. The summed E-state index contributed by atoms with van der Waals surface area (Å²) in [6.07, 6.45) is 4.57. The molecule has 1 heterocycles. The highest BCUT2D eigenvalue weighted by Crippen LogP contribution is 2.34. The first-order chi connectivity index (χ1) is 11.4. The summed E-state index contributed by atoms with van der Waals surface area (Å²) >= 11 is 0. The molecule has 1 saturated heterocycles. The number of carbonyl (C=O) groups excluding carboxylic acids is 1. The lowest BCUT2D eigenvalue weighted by atomic mass is 10.1. The average Bonchev–Trinajstić information content (AvgIpc) is 3.17. The number of aryl methyl sites for hydroxylation is 2. The molecule has 1 amide bonds.